The predicted molar refractivity (Wildman–Crippen MR) is 122 cm³/mol. The molecule has 0 fully saturated rings. The first-order valence-corrected chi connectivity index (χ1v) is 10.1. The Morgan fingerprint density at radius 3 is 1.00 bits per heavy atom. The molecule has 0 amide bonds. The van der Waals surface area contributed by atoms with E-state index in [0.29, 0.717) is 0 Å². The van der Waals surface area contributed by atoms with Crippen LogP contribution in [0.3, 0.4) is 0 Å². The molecule has 0 N–H and O–H groups in total. The molecule has 0 unspecified atom stereocenters. The Balaban J connectivity index is 2.08. The van der Waals surface area contributed by atoms with E-state index in [1.165, 1.54) is 12.2 Å². The molecule has 2 aliphatic carbocycles. The number of hydrogen-bond donors (Lipinski definition) is 0. The van der Waals surface area contributed by atoms with Gasteiger partial charge in [0.1, 0.15) is 82.5 Å². The summed E-state index contributed by atoms with van der Waals surface area (Å²) in [4.78, 5) is 16.4. The van der Waals surface area contributed by atoms with Gasteiger partial charge in [0.2, 0.25) is 0 Å². The minimum atomic E-state index is -0.373. The molecule has 0 saturated heterocycles. The van der Waals surface area contributed by atoms with Gasteiger partial charge in [-0.3, -0.25) is 0 Å². The van der Waals surface area contributed by atoms with Crippen molar-refractivity contribution in [1.82, 2.24) is 19.9 Å². The molecule has 0 atom stereocenters. The molecule has 2 aromatic heterocycles. The van der Waals surface area contributed by atoms with Crippen molar-refractivity contribution in [2.75, 3.05) is 0 Å². The van der Waals surface area contributed by atoms with E-state index in [1.54, 1.807) is 24.3 Å². The maximum Gasteiger partial charge on any atom is 0.162 e. The SMILES string of the molecule is N#CC(C#N)=C1C(c2nc(C#N)cc(C#N)n2)=CC2=C1C=C(c1nc(C#N)cc(C#N)n1)C2=C(C#N)C#N. The Hall–Kier alpha value is -7.22. The van der Waals surface area contributed by atoms with Crippen LogP contribution in [-0.4, -0.2) is 19.9 Å². The van der Waals surface area contributed by atoms with Crippen LogP contribution >= 0.6 is 0 Å². The summed E-state index contributed by atoms with van der Waals surface area (Å²) in [5.41, 5.74) is -0.576. The average molecular weight is 484 g/mol. The maximum atomic E-state index is 9.70. The molecule has 2 aliphatic rings. The van der Waals surface area contributed by atoms with Gasteiger partial charge in [-0.1, -0.05) is 0 Å². The number of hydrogen-bond acceptors (Lipinski definition) is 12. The molecule has 0 spiro atoms. The second kappa shape index (κ2) is 9.57. The minimum absolute atomic E-state index is 0.0312. The van der Waals surface area contributed by atoms with Crippen LogP contribution in [0.5, 0.6) is 0 Å². The van der Waals surface area contributed by atoms with Gasteiger partial charge in [-0.15, -0.1) is 0 Å². The molecule has 0 saturated carbocycles. The van der Waals surface area contributed by atoms with E-state index in [9.17, 15) is 42.1 Å². The van der Waals surface area contributed by atoms with E-state index in [-0.39, 0.29) is 79.0 Å². The van der Waals surface area contributed by atoms with Crippen LogP contribution in [0.25, 0.3) is 11.1 Å². The Labute approximate surface area is 214 Å². The van der Waals surface area contributed by atoms with E-state index < -0.39 is 0 Å². The first-order chi connectivity index (χ1) is 18.5. The monoisotopic (exact) mass is 484 g/mol. The van der Waals surface area contributed by atoms with Crippen LogP contribution < -0.4 is 0 Å². The van der Waals surface area contributed by atoms with Crippen molar-refractivity contribution < 1.29 is 0 Å². The Morgan fingerprint density at radius 2 is 0.763 bits per heavy atom. The minimum Gasteiger partial charge on any atom is -0.217 e. The van der Waals surface area contributed by atoms with Crippen molar-refractivity contribution >= 4 is 11.1 Å². The summed E-state index contributed by atoms with van der Waals surface area (Å²) in [5, 5.41) is 76.1. The van der Waals surface area contributed by atoms with E-state index in [0.717, 1.165) is 12.1 Å². The van der Waals surface area contributed by atoms with Crippen LogP contribution in [0.4, 0.5) is 0 Å². The van der Waals surface area contributed by atoms with Gasteiger partial charge >= 0.3 is 0 Å². The summed E-state index contributed by atoms with van der Waals surface area (Å²) in [7, 11) is 0. The molecule has 0 bridgehead atoms. The average Bonchev–Trinajstić information content (AvgIpc) is 3.51. The molecule has 38 heavy (non-hydrogen) atoms. The van der Waals surface area contributed by atoms with Crippen molar-refractivity contribution in [2.24, 2.45) is 0 Å². The fourth-order valence-electron chi connectivity index (χ4n) is 3.82. The highest BCUT2D eigenvalue weighted by molar-refractivity contribution is 6.03. The van der Waals surface area contributed by atoms with Gasteiger partial charge in [0.25, 0.3) is 0 Å². The molecule has 2 heterocycles. The van der Waals surface area contributed by atoms with Crippen molar-refractivity contribution in [1.29, 1.82) is 42.1 Å². The van der Waals surface area contributed by atoms with E-state index in [2.05, 4.69) is 19.9 Å². The number of rotatable bonds is 2. The fraction of sp³-hybridized carbons (Fsp3) is 0. The number of nitriles is 8. The topological polar surface area (TPSA) is 242 Å². The lowest BCUT2D eigenvalue weighted by Gasteiger charge is -2.10. The molecule has 0 aliphatic heterocycles. The normalized spacial score (nSPS) is 12.6. The molecule has 2 aromatic rings. The van der Waals surface area contributed by atoms with Crippen molar-refractivity contribution in [3.63, 3.8) is 0 Å². The van der Waals surface area contributed by atoms with Crippen molar-refractivity contribution in [3.05, 3.63) is 92.1 Å². The Bertz CT molecular complexity index is 1750. The van der Waals surface area contributed by atoms with Crippen LogP contribution in [0.15, 0.2) is 57.7 Å². The van der Waals surface area contributed by atoms with Gasteiger partial charge in [0, 0.05) is 34.4 Å². The van der Waals surface area contributed by atoms with Crippen LogP contribution in [0.2, 0.25) is 0 Å². The van der Waals surface area contributed by atoms with Gasteiger partial charge in [-0.05, 0) is 23.3 Å². The van der Waals surface area contributed by atoms with Crippen LogP contribution in [0, 0.1) is 90.6 Å². The van der Waals surface area contributed by atoms with Gasteiger partial charge in [0.05, 0.1) is 0 Å². The highest BCUT2D eigenvalue weighted by atomic mass is 14.9. The summed E-state index contributed by atoms with van der Waals surface area (Å²) >= 11 is 0. The zero-order valence-electron chi connectivity index (χ0n) is 18.7. The zero-order chi connectivity index (χ0) is 27.4. The first kappa shape index (κ1) is 23.9. The Kier molecular flexibility index (Phi) is 6.02. The lowest BCUT2D eigenvalue weighted by Crippen LogP contribution is -2.04. The molecule has 4 rings (SSSR count). The van der Waals surface area contributed by atoms with Crippen LogP contribution in [0.1, 0.15) is 34.4 Å². The lowest BCUT2D eigenvalue weighted by atomic mass is 9.95. The van der Waals surface area contributed by atoms with Gasteiger partial charge < -0.3 is 0 Å². The molecule has 0 radical (unpaired) electrons. The van der Waals surface area contributed by atoms with Gasteiger partial charge in [-0.2, -0.15) is 42.1 Å². The molecular formula is C26H4N12. The third-order valence-corrected chi connectivity index (χ3v) is 5.28. The third-order valence-electron chi connectivity index (χ3n) is 5.28. The van der Waals surface area contributed by atoms with E-state index in [4.69, 9.17) is 0 Å². The summed E-state index contributed by atoms with van der Waals surface area (Å²) in [6, 6.07) is 16.8. The van der Waals surface area contributed by atoms with Crippen molar-refractivity contribution in [3.8, 4) is 48.6 Å². The fourth-order valence-corrected chi connectivity index (χ4v) is 3.82. The second-order valence-corrected chi connectivity index (χ2v) is 7.26. The summed E-state index contributed by atoms with van der Waals surface area (Å²) in [6.07, 6.45) is 2.84. The summed E-state index contributed by atoms with van der Waals surface area (Å²) in [6.45, 7) is 0. The Morgan fingerprint density at radius 1 is 0.474 bits per heavy atom. The van der Waals surface area contributed by atoms with E-state index >= 15 is 0 Å². The standard InChI is InChI=1S/C26H4N12/c27-5-13(6-28)23-20-4-22(26-37-17(11-33)2-18(12-34)38-26)24(14(7-29)8-30)19(20)3-21(23)25-35-15(9-31)1-16(10-32)36-25/h1-4H. The summed E-state index contributed by atoms with van der Waals surface area (Å²) < 4.78 is 0. The third kappa shape index (κ3) is 3.77. The van der Waals surface area contributed by atoms with Gasteiger partial charge in [0.15, 0.2) is 11.6 Å². The lowest BCUT2D eigenvalue weighted by molar-refractivity contribution is 1.07. The molecule has 12 nitrogen and oxygen atoms in total. The summed E-state index contributed by atoms with van der Waals surface area (Å²) in [5.74, 6) is -0.264. The number of nitrogens with zero attached hydrogens (tertiary/aromatic N) is 12. The highest BCUT2D eigenvalue weighted by Crippen LogP contribution is 2.50. The number of allylic oxidation sites excluding steroid dienone is 10. The zero-order valence-corrected chi connectivity index (χ0v) is 18.7. The first-order valence-electron chi connectivity index (χ1n) is 10.1. The quantitative estimate of drug-likeness (QED) is 0.557. The molecular weight excluding hydrogens is 480 g/mol. The van der Waals surface area contributed by atoms with Gasteiger partial charge in [-0.25, -0.2) is 19.9 Å². The molecule has 0 aromatic carbocycles. The highest BCUT2D eigenvalue weighted by Gasteiger charge is 2.37. The van der Waals surface area contributed by atoms with E-state index in [1.807, 2.05) is 24.3 Å². The molecule has 12 heteroatoms. The van der Waals surface area contributed by atoms with Crippen molar-refractivity contribution in [2.45, 2.75) is 0 Å². The van der Waals surface area contributed by atoms with Crippen LogP contribution in [-0.2, 0) is 0 Å². The predicted octanol–water partition coefficient (Wildman–Crippen LogP) is 2.23. The smallest absolute Gasteiger partial charge is 0.162 e. The molecule has 168 valence electrons. The number of aromatic nitrogens is 4. The largest absolute Gasteiger partial charge is 0.217 e. The second-order valence-electron chi connectivity index (χ2n) is 7.26. The maximum absolute atomic E-state index is 9.70.